The summed E-state index contributed by atoms with van der Waals surface area (Å²) in [5.74, 6) is 0.926. The molecule has 0 aliphatic carbocycles. The normalized spacial score (nSPS) is 11.3. The van der Waals surface area contributed by atoms with Crippen molar-refractivity contribution < 1.29 is 13.2 Å². The van der Waals surface area contributed by atoms with Crippen LogP contribution in [0.5, 0.6) is 0 Å². The van der Waals surface area contributed by atoms with Crippen LogP contribution in [0.1, 0.15) is 16.2 Å². The number of aromatic nitrogens is 2. The molecule has 0 aliphatic rings. The van der Waals surface area contributed by atoms with E-state index in [-0.39, 0.29) is 10.8 Å². The van der Waals surface area contributed by atoms with Gasteiger partial charge in [-0.15, -0.1) is 0 Å². The molecule has 9 heteroatoms. The van der Waals surface area contributed by atoms with Gasteiger partial charge in [0.25, 0.3) is 5.91 Å². The first kappa shape index (κ1) is 24.1. The Labute approximate surface area is 204 Å². The van der Waals surface area contributed by atoms with E-state index in [1.54, 1.807) is 30.3 Å². The predicted octanol–water partition coefficient (Wildman–Crippen LogP) is 4.70. The Hall–Kier alpha value is -4.08. The minimum Gasteiger partial charge on any atom is -0.340 e. The number of carbonyl (C=O) groups is 1. The topological polar surface area (TPSA) is 104 Å². The number of benzene rings is 3. The summed E-state index contributed by atoms with van der Waals surface area (Å²) in [6.07, 6.45) is 0. The standard InChI is InChI=1S/C26H25N5O3S/c1-18-27-24(19-8-5-4-6-9-19)17-25(28-18)29-22-11-7-10-20(16-22)26(32)30-21-12-14-23(15-13-21)35(33,34)31(2)3/h4-17H,1-3H3,(H,30,32)(H,27,28,29). The number of sulfonamides is 1. The van der Waals surface area contributed by atoms with Gasteiger partial charge in [-0.25, -0.2) is 22.7 Å². The molecule has 0 radical (unpaired) electrons. The molecule has 1 aromatic heterocycles. The van der Waals surface area contributed by atoms with E-state index in [4.69, 9.17) is 0 Å². The molecule has 0 fully saturated rings. The lowest BCUT2D eigenvalue weighted by Gasteiger charge is -2.12. The van der Waals surface area contributed by atoms with Gasteiger partial charge in [0.1, 0.15) is 11.6 Å². The largest absolute Gasteiger partial charge is 0.340 e. The Morgan fingerprint density at radius 2 is 1.54 bits per heavy atom. The number of amides is 1. The zero-order valence-corrected chi connectivity index (χ0v) is 20.4. The molecular formula is C26H25N5O3S. The SMILES string of the molecule is Cc1nc(Nc2cccc(C(=O)Nc3ccc(S(=O)(=O)N(C)C)cc3)c2)cc(-c2ccccc2)n1. The number of aryl methyl sites for hydroxylation is 1. The van der Waals surface area contributed by atoms with E-state index in [0.717, 1.165) is 15.6 Å². The first-order valence-electron chi connectivity index (χ1n) is 10.8. The van der Waals surface area contributed by atoms with E-state index in [0.29, 0.717) is 28.6 Å². The van der Waals surface area contributed by atoms with Gasteiger partial charge < -0.3 is 10.6 Å². The zero-order chi connectivity index (χ0) is 25.0. The molecule has 0 saturated carbocycles. The van der Waals surface area contributed by atoms with Crippen molar-refractivity contribution in [3.05, 3.63) is 96.3 Å². The Morgan fingerprint density at radius 3 is 2.23 bits per heavy atom. The van der Waals surface area contributed by atoms with Crippen molar-refractivity contribution in [3.63, 3.8) is 0 Å². The van der Waals surface area contributed by atoms with Gasteiger partial charge in [-0.3, -0.25) is 4.79 Å². The van der Waals surface area contributed by atoms with Gasteiger partial charge in [-0.2, -0.15) is 0 Å². The lowest BCUT2D eigenvalue weighted by atomic mass is 10.1. The predicted molar refractivity (Wildman–Crippen MR) is 137 cm³/mol. The Kier molecular flexibility index (Phi) is 6.90. The average Bonchev–Trinajstić information content (AvgIpc) is 2.84. The van der Waals surface area contributed by atoms with E-state index >= 15 is 0 Å². The van der Waals surface area contributed by atoms with E-state index in [9.17, 15) is 13.2 Å². The molecule has 8 nitrogen and oxygen atoms in total. The van der Waals surface area contributed by atoms with Crippen LogP contribution in [0, 0.1) is 6.92 Å². The quantitative estimate of drug-likeness (QED) is 0.392. The molecule has 0 atom stereocenters. The summed E-state index contributed by atoms with van der Waals surface area (Å²) in [4.78, 5) is 21.9. The van der Waals surface area contributed by atoms with Gasteiger partial charge in [0.05, 0.1) is 10.6 Å². The van der Waals surface area contributed by atoms with Crippen molar-refractivity contribution >= 4 is 33.1 Å². The number of hydrogen-bond acceptors (Lipinski definition) is 6. The molecule has 2 N–H and O–H groups in total. The third-order valence-corrected chi connectivity index (χ3v) is 7.02. The Morgan fingerprint density at radius 1 is 0.829 bits per heavy atom. The summed E-state index contributed by atoms with van der Waals surface area (Å²) < 4.78 is 25.6. The van der Waals surface area contributed by atoms with Crippen LogP contribution in [-0.4, -0.2) is 42.7 Å². The minimum absolute atomic E-state index is 0.154. The molecule has 0 bridgehead atoms. The molecule has 4 aromatic rings. The van der Waals surface area contributed by atoms with Crippen LogP contribution >= 0.6 is 0 Å². The smallest absolute Gasteiger partial charge is 0.255 e. The first-order valence-corrected chi connectivity index (χ1v) is 12.3. The van der Waals surface area contributed by atoms with Crippen molar-refractivity contribution in [2.75, 3.05) is 24.7 Å². The third-order valence-electron chi connectivity index (χ3n) is 5.20. The molecule has 0 saturated heterocycles. The summed E-state index contributed by atoms with van der Waals surface area (Å²) in [7, 11) is -0.593. The Balaban J connectivity index is 1.50. The van der Waals surface area contributed by atoms with Crippen molar-refractivity contribution in [2.45, 2.75) is 11.8 Å². The summed E-state index contributed by atoms with van der Waals surface area (Å²) in [5, 5.41) is 6.04. The number of hydrogen-bond donors (Lipinski definition) is 2. The molecule has 0 unspecified atom stereocenters. The van der Waals surface area contributed by atoms with Crippen molar-refractivity contribution in [3.8, 4) is 11.3 Å². The highest BCUT2D eigenvalue weighted by atomic mass is 32.2. The van der Waals surface area contributed by atoms with Gasteiger partial charge in [-0.1, -0.05) is 36.4 Å². The van der Waals surface area contributed by atoms with Crippen LogP contribution < -0.4 is 10.6 Å². The van der Waals surface area contributed by atoms with Gasteiger partial charge >= 0.3 is 0 Å². The molecule has 35 heavy (non-hydrogen) atoms. The maximum absolute atomic E-state index is 12.8. The van der Waals surface area contributed by atoms with Crippen molar-refractivity contribution in [1.82, 2.24) is 14.3 Å². The molecule has 1 heterocycles. The minimum atomic E-state index is -3.53. The Bertz CT molecular complexity index is 1450. The maximum Gasteiger partial charge on any atom is 0.255 e. The van der Waals surface area contributed by atoms with Crippen LogP contribution in [0.4, 0.5) is 17.2 Å². The number of nitrogens with one attached hydrogen (secondary N) is 2. The van der Waals surface area contributed by atoms with E-state index in [1.165, 1.54) is 26.2 Å². The maximum atomic E-state index is 12.8. The van der Waals surface area contributed by atoms with Crippen LogP contribution in [-0.2, 0) is 10.0 Å². The van der Waals surface area contributed by atoms with Crippen LogP contribution in [0.15, 0.2) is 89.8 Å². The van der Waals surface area contributed by atoms with Crippen LogP contribution in [0.3, 0.4) is 0 Å². The second-order valence-corrected chi connectivity index (χ2v) is 10.2. The molecule has 4 rings (SSSR count). The molecule has 0 spiro atoms. The van der Waals surface area contributed by atoms with Crippen molar-refractivity contribution in [1.29, 1.82) is 0 Å². The molecular weight excluding hydrogens is 462 g/mol. The number of rotatable bonds is 7. The number of anilines is 3. The number of nitrogens with zero attached hydrogens (tertiary/aromatic N) is 3. The van der Waals surface area contributed by atoms with E-state index in [1.807, 2.05) is 49.4 Å². The van der Waals surface area contributed by atoms with Gasteiger partial charge in [0.15, 0.2) is 0 Å². The summed E-state index contributed by atoms with van der Waals surface area (Å²) in [6.45, 7) is 1.83. The molecule has 3 aromatic carbocycles. The second kappa shape index (κ2) is 10.0. The summed E-state index contributed by atoms with van der Waals surface area (Å²) in [5.41, 5.74) is 3.41. The number of carbonyl (C=O) groups excluding carboxylic acids is 1. The summed E-state index contributed by atoms with van der Waals surface area (Å²) in [6, 6.07) is 24.8. The third kappa shape index (κ3) is 5.71. The highest BCUT2D eigenvalue weighted by molar-refractivity contribution is 7.89. The zero-order valence-electron chi connectivity index (χ0n) is 19.6. The van der Waals surface area contributed by atoms with E-state index in [2.05, 4.69) is 20.6 Å². The second-order valence-electron chi connectivity index (χ2n) is 8.02. The van der Waals surface area contributed by atoms with Gasteiger partial charge in [0, 0.05) is 42.7 Å². The lowest BCUT2D eigenvalue weighted by molar-refractivity contribution is 0.102. The average molecular weight is 488 g/mol. The highest BCUT2D eigenvalue weighted by Crippen LogP contribution is 2.23. The monoisotopic (exact) mass is 487 g/mol. The van der Waals surface area contributed by atoms with Crippen molar-refractivity contribution in [2.24, 2.45) is 0 Å². The lowest BCUT2D eigenvalue weighted by Crippen LogP contribution is -2.22. The fraction of sp³-hybridized carbons (Fsp3) is 0.115. The molecule has 0 aliphatic heterocycles. The fourth-order valence-electron chi connectivity index (χ4n) is 3.40. The summed E-state index contributed by atoms with van der Waals surface area (Å²) >= 11 is 0. The molecule has 1 amide bonds. The fourth-order valence-corrected chi connectivity index (χ4v) is 4.30. The van der Waals surface area contributed by atoms with Crippen LogP contribution in [0.2, 0.25) is 0 Å². The highest BCUT2D eigenvalue weighted by Gasteiger charge is 2.17. The van der Waals surface area contributed by atoms with Gasteiger partial charge in [-0.05, 0) is 49.4 Å². The first-order chi connectivity index (χ1) is 16.7. The van der Waals surface area contributed by atoms with E-state index < -0.39 is 10.0 Å². The van der Waals surface area contributed by atoms with Gasteiger partial charge in [0.2, 0.25) is 10.0 Å². The van der Waals surface area contributed by atoms with Crippen LogP contribution in [0.25, 0.3) is 11.3 Å². The molecule has 178 valence electrons.